The minimum Gasteiger partial charge on any atom is -0.458 e. The first kappa shape index (κ1) is 23.3. The minimum atomic E-state index is -0.774. The maximum absolute atomic E-state index is 11.3. The average Bonchev–Trinajstić information content (AvgIpc) is 3.09. The lowest BCUT2D eigenvalue weighted by Crippen LogP contribution is -2.20. The van der Waals surface area contributed by atoms with Gasteiger partial charge in [-0.3, -0.25) is 4.79 Å². The molecule has 1 atom stereocenters. The molecule has 0 amide bonds. The first-order valence-corrected chi connectivity index (χ1v) is 10.8. The van der Waals surface area contributed by atoms with Gasteiger partial charge in [0, 0.05) is 11.6 Å². The normalized spacial score (nSPS) is 21.1. The van der Waals surface area contributed by atoms with Gasteiger partial charge in [-0.05, 0) is 76.2 Å². The third-order valence-electron chi connectivity index (χ3n) is 6.25. The van der Waals surface area contributed by atoms with Crippen molar-refractivity contribution in [3.8, 4) is 0 Å². The van der Waals surface area contributed by atoms with Crippen LogP contribution in [0.25, 0.3) is 0 Å². The summed E-state index contributed by atoms with van der Waals surface area (Å²) in [5.41, 5.74) is 6.14. The quantitative estimate of drug-likeness (QED) is 0.231. The van der Waals surface area contributed by atoms with Gasteiger partial charge in [0.25, 0.3) is 0 Å². The van der Waals surface area contributed by atoms with Crippen molar-refractivity contribution in [2.45, 2.75) is 85.2 Å². The zero-order valence-electron chi connectivity index (χ0n) is 18.4. The van der Waals surface area contributed by atoms with Gasteiger partial charge in [0.05, 0.1) is 6.10 Å². The van der Waals surface area contributed by atoms with Gasteiger partial charge in [-0.1, -0.05) is 42.7 Å². The first-order chi connectivity index (χ1) is 13.7. The highest BCUT2D eigenvalue weighted by Gasteiger charge is 2.27. The standard InChI is InChI=1S/C25H36O4/c1-18(10-12-22-19(2)8-6-14-25(22,3)4)7-5-9-20(16-26)11-13-23(27)21-15-24(28)29-17-21/h7,11,15-16,23,27H,5-6,8-10,12-14,17H2,1-4H3/t23-/m1/s1. The summed E-state index contributed by atoms with van der Waals surface area (Å²) in [7, 11) is 0. The molecule has 0 aromatic carbocycles. The maximum atomic E-state index is 11.3. The number of aldehydes is 1. The van der Waals surface area contributed by atoms with E-state index in [-0.39, 0.29) is 6.61 Å². The molecular weight excluding hydrogens is 364 g/mol. The van der Waals surface area contributed by atoms with Crippen LogP contribution in [-0.2, 0) is 14.3 Å². The molecule has 0 aromatic heterocycles. The van der Waals surface area contributed by atoms with Gasteiger partial charge < -0.3 is 9.84 Å². The van der Waals surface area contributed by atoms with Crippen LogP contribution < -0.4 is 0 Å². The Morgan fingerprint density at radius 1 is 1.31 bits per heavy atom. The lowest BCUT2D eigenvalue weighted by atomic mass is 9.71. The molecular formula is C25H36O4. The van der Waals surface area contributed by atoms with Crippen molar-refractivity contribution in [1.82, 2.24) is 0 Å². The molecule has 1 N–H and O–H groups in total. The number of carbonyl (C=O) groups excluding carboxylic acids is 2. The monoisotopic (exact) mass is 400 g/mol. The Bertz CT molecular complexity index is 734. The zero-order valence-corrected chi connectivity index (χ0v) is 18.4. The molecule has 2 rings (SSSR count). The van der Waals surface area contributed by atoms with E-state index in [0.717, 1.165) is 25.5 Å². The highest BCUT2D eigenvalue weighted by molar-refractivity contribution is 5.85. The number of carbonyl (C=O) groups is 2. The number of cyclic esters (lactones) is 1. The molecule has 0 spiro atoms. The molecule has 1 heterocycles. The molecule has 1 aliphatic carbocycles. The van der Waals surface area contributed by atoms with E-state index in [1.54, 1.807) is 17.2 Å². The van der Waals surface area contributed by atoms with E-state index in [1.165, 1.54) is 30.9 Å². The number of aliphatic hydroxyl groups is 1. The van der Waals surface area contributed by atoms with Crippen molar-refractivity contribution in [2.24, 2.45) is 5.41 Å². The second kappa shape index (κ2) is 10.7. The highest BCUT2D eigenvalue weighted by atomic mass is 16.5. The lowest BCUT2D eigenvalue weighted by Gasteiger charge is -2.35. The second-order valence-electron chi connectivity index (χ2n) is 9.06. The predicted octanol–water partition coefficient (Wildman–Crippen LogP) is 5.38. The van der Waals surface area contributed by atoms with Gasteiger partial charge in [0.15, 0.2) is 0 Å². The van der Waals surface area contributed by atoms with Crippen LogP contribution in [0.5, 0.6) is 0 Å². The third kappa shape index (κ3) is 7.11. The van der Waals surface area contributed by atoms with E-state index in [4.69, 9.17) is 4.74 Å². The van der Waals surface area contributed by atoms with Gasteiger partial charge in [0.1, 0.15) is 12.9 Å². The Morgan fingerprint density at radius 2 is 2.07 bits per heavy atom. The van der Waals surface area contributed by atoms with E-state index in [1.807, 2.05) is 0 Å². The van der Waals surface area contributed by atoms with E-state index >= 15 is 0 Å². The van der Waals surface area contributed by atoms with E-state index < -0.39 is 12.1 Å². The number of rotatable bonds is 10. The van der Waals surface area contributed by atoms with Crippen molar-refractivity contribution >= 4 is 12.3 Å². The van der Waals surface area contributed by atoms with Gasteiger partial charge in [-0.25, -0.2) is 4.79 Å². The van der Waals surface area contributed by atoms with Gasteiger partial charge in [-0.2, -0.15) is 0 Å². The fraction of sp³-hybridized carbons (Fsp3) is 0.600. The van der Waals surface area contributed by atoms with Crippen LogP contribution in [0.2, 0.25) is 0 Å². The molecule has 0 bridgehead atoms. The smallest absolute Gasteiger partial charge is 0.331 e. The van der Waals surface area contributed by atoms with Crippen LogP contribution in [-0.4, -0.2) is 30.1 Å². The molecule has 2 aliphatic rings. The second-order valence-corrected chi connectivity index (χ2v) is 9.06. The number of hydrogen-bond donors (Lipinski definition) is 1. The Morgan fingerprint density at radius 3 is 2.69 bits per heavy atom. The molecule has 0 unspecified atom stereocenters. The largest absolute Gasteiger partial charge is 0.458 e. The van der Waals surface area contributed by atoms with Crippen LogP contribution in [0.3, 0.4) is 0 Å². The van der Waals surface area contributed by atoms with Crippen molar-refractivity contribution in [3.05, 3.63) is 46.1 Å². The Kier molecular flexibility index (Phi) is 8.63. The third-order valence-corrected chi connectivity index (χ3v) is 6.25. The molecule has 160 valence electrons. The minimum absolute atomic E-state index is 0.138. The van der Waals surface area contributed by atoms with E-state index in [9.17, 15) is 14.7 Å². The van der Waals surface area contributed by atoms with Crippen molar-refractivity contribution in [2.75, 3.05) is 6.61 Å². The molecule has 0 radical (unpaired) electrons. The summed E-state index contributed by atoms with van der Waals surface area (Å²) in [6.07, 6.45) is 13.2. The number of allylic oxidation sites excluding steroid dienone is 5. The van der Waals surface area contributed by atoms with Crippen LogP contribution in [0.15, 0.2) is 46.1 Å². The lowest BCUT2D eigenvalue weighted by molar-refractivity contribution is -0.135. The van der Waals surface area contributed by atoms with E-state index in [2.05, 4.69) is 33.8 Å². The summed E-state index contributed by atoms with van der Waals surface area (Å²) in [5, 5.41) is 10.1. The van der Waals surface area contributed by atoms with Gasteiger partial charge in [-0.15, -0.1) is 0 Å². The van der Waals surface area contributed by atoms with Crippen molar-refractivity contribution in [1.29, 1.82) is 0 Å². The first-order valence-electron chi connectivity index (χ1n) is 10.8. The van der Waals surface area contributed by atoms with Gasteiger partial charge in [0.2, 0.25) is 0 Å². The fourth-order valence-electron chi connectivity index (χ4n) is 4.34. The zero-order chi connectivity index (χ0) is 21.4. The number of aliphatic hydroxyl groups excluding tert-OH is 1. The Balaban J connectivity index is 1.81. The molecule has 0 fully saturated rings. The number of esters is 1. The SMILES string of the molecule is CC(=CCCC(C=O)=CC[C@@H](O)C1=CC(=O)OC1)CCC1=C(C)CCCC1(C)C. The topological polar surface area (TPSA) is 63.6 Å². The number of ether oxygens (including phenoxy) is 1. The van der Waals surface area contributed by atoms with Crippen LogP contribution in [0.4, 0.5) is 0 Å². The summed E-state index contributed by atoms with van der Waals surface area (Å²) in [6, 6.07) is 0. The average molecular weight is 401 g/mol. The Labute approximate surface area is 175 Å². The van der Waals surface area contributed by atoms with E-state index in [0.29, 0.717) is 29.4 Å². The summed E-state index contributed by atoms with van der Waals surface area (Å²) in [5.74, 6) is -0.415. The van der Waals surface area contributed by atoms with Crippen LogP contribution >= 0.6 is 0 Å². The predicted molar refractivity (Wildman–Crippen MR) is 116 cm³/mol. The highest BCUT2D eigenvalue weighted by Crippen LogP contribution is 2.42. The summed E-state index contributed by atoms with van der Waals surface area (Å²) in [4.78, 5) is 22.4. The van der Waals surface area contributed by atoms with Crippen LogP contribution in [0, 0.1) is 5.41 Å². The number of hydrogen-bond acceptors (Lipinski definition) is 4. The molecule has 1 aliphatic heterocycles. The Hall–Kier alpha value is -1.94. The van der Waals surface area contributed by atoms with Crippen molar-refractivity contribution in [3.63, 3.8) is 0 Å². The van der Waals surface area contributed by atoms with Crippen molar-refractivity contribution < 1.29 is 19.4 Å². The molecule has 0 saturated carbocycles. The molecule has 4 nitrogen and oxygen atoms in total. The van der Waals surface area contributed by atoms with Gasteiger partial charge >= 0.3 is 5.97 Å². The summed E-state index contributed by atoms with van der Waals surface area (Å²) >= 11 is 0. The van der Waals surface area contributed by atoms with Crippen LogP contribution in [0.1, 0.15) is 79.1 Å². The molecule has 4 heteroatoms. The molecule has 29 heavy (non-hydrogen) atoms. The molecule has 0 saturated heterocycles. The molecule has 0 aromatic rings. The fourth-order valence-corrected chi connectivity index (χ4v) is 4.34. The maximum Gasteiger partial charge on any atom is 0.331 e. The summed E-state index contributed by atoms with van der Waals surface area (Å²) in [6.45, 7) is 9.32. The summed E-state index contributed by atoms with van der Waals surface area (Å²) < 4.78 is 4.80.